The number of aliphatic hydroxyl groups excluding tert-OH is 2. The number of carbonyl (C=O) groups excluding carboxylic acids is 3. The zero-order valence-electron chi connectivity index (χ0n) is 27.3. The summed E-state index contributed by atoms with van der Waals surface area (Å²) in [6.45, 7) is 9.03. The van der Waals surface area contributed by atoms with Gasteiger partial charge in [-0.3, -0.25) is 9.59 Å². The summed E-state index contributed by atoms with van der Waals surface area (Å²) < 4.78 is 23.7. The van der Waals surface area contributed by atoms with Gasteiger partial charge in [-0.15, -0.1) is 0 Å². The van der Waals surface area contributed by atoms with Crippen molar-refractivity contribution in [3.63, 3.8) is 0 Å². The number of aromatic nitrogens is 2. The summed E-state index contributed by atoms with van der Waals surface area (Å²) >= 11 is 0. The number of rotatable bonds is 11. The first kappa shape index (κ1) is 34.0. The minimum atomic E-state index is -1.78. The largest absolute Gasteiger partial charge is 0.457 e. The molecule has 0 saturated carbocycles. The molecule has 252 valence electrons. The number of fused-ring (bicyclic) bond motifs is 5. The van der Waals surface area contributed by atoms with Crippen LogP contribution in [0.3, 0.4) is 0 Å². The number of cyclic esters (lactones) is 1. The van der Waals surface area contributed by atoms with Crippen LogP contribution in [0.25, 0.3) is 22.3 Å². The highest BCUT2D eigenvalue weighted by Crippen LogP contribution is 2.43. The van der Waals surface area contributed by atoms with Crippen LogP contribution in [0.2, 0.25) is 0 Å². The highest BCUT2D eigenvalue weighted by Gasteiger charge is 2.51. The Kier molecular flexibility index (Phi) is 9.71. The lowest BCUT2D eigenvalue weighted by Crippen LogP contribution is -2.48. The van der Waals surface area contributed by atoms with Crippen LogP contribution in [0.4, 0.5) is 4.79 Å². The van der Waals surface area contributed by atoms with Gasteiger partial charge < -0.3 is 39.0 Å². The number of hydrogen-bond donors (Lipinski definition) is 3. The quantitative estimate of drug-likeness (QED) is 0.161. The molecule has 1 amide bonds. The SMILES string of the molecule is CCc1c2c(nc3cc(OC(=O)NCCCOCC(O)CO)ccc13)-c1cc3c(c(=O)n1C2)COC(=O)[C@@]3(CC)OC(=O)C(C)(C)C. The van der Waals surface area contributed by atoms with Crippen LogP contribution in [0, 0.1) is 5.41 Å². The number of carbonyl (C=O) groups is 3. The van der Waals surface area contributed by atoms with Crippen LogP contribution in [0.15, 0.2) is 29.1 Å². The second kappa shape index (κ2) is 13.4. The van der Waals surface area contributed by atoms with Gasteiger partial charge in [0, 0.05) is 35.7 Å². The van der Waals surface area contributed by atoms with E-state index in [1.165, 1.54) is 0 Å². The number of aryl methyl sites for hydroxylation is 1. The molecular formula is C34H41N3O10. The van der Waals surface area contributed by atoms with Gasteiger partial charge in [0.25, 0.3) is 5.56 Å². The molecule has 47 heavy (non-hydrogen) atoms. The summed E-state index contributed by atoms with van der Waals surface area (Å²) in [6.07, 6.45) is -0.401. The van der Waals surface area contributed by atoms with Crippen LogP contribution >= 0.6 is 0 Å². The molecule has 3 aromatic rings. The first-order chi connectivity index (χ1) is 22.3. The van der Waals surface area contributed by atoms with E-state index in [0.717, 1.165) is 16.5 Å². The zero-order chi connectivity index (χ0) is 34.1. The number of benzene rings is 1. The number of pyridine rings is 2. The number of amides is 1. The second-order valence-electron chi connectivity index (χ2n) is 12.7. The molecule has 2 aromatic heterocycles. The number of nitrogens with zero attached hydrogens (tertiary/aromatic N) is 2. The van der Waals surface area contributed by atoms with E-state index in [1.807, 2.05) is 13.0 Å². The summed E-state index contributed by atoms with van der Waals surface area (Å²) in [5, 5.41) is 21.6. The van der Waals surface area contributed by atoms with E-state index in [1.54, 1.807) is 50.5 Å². The van der Waals surface area contributed by atoms with Gasteiger partial charge in [-0.25, -0.2) is 14.6 Å². The van der Waals surface area contributed by atoms with Crippen LogP contribution in [0.5, 0.6) is 5.75 Å². The van der Waals surface area contributed by atoms with Crippen molar-refractivity contribution >= 4 is 28.9 Å². The van der Waals surface area contributed by atoms with Crippen molar-refractivity contribution in [3.8, 4) is 17.1 Å². The molecule has 4 heterocycles. The normalized spacial score (nSPS) is 17.4. The number of esters is 2. The van der Waals surface area contributed by atoms with Crippen LogP contribution in [-0.2, 0) is 49.0 Å². The second-order valence-corrected chi connectivity index (χ2v) is 12.7. The average molecular weight is 652 g/mol. The molecule has 2 aliphatic rings. The Hall–Kier alpha value is -4.33. The highest BCUT2D eigenvalue weighted by atomic mass is 16.6. The highest BCUT2D eigenvalue weighted by molar-refractivity contribution is 5.91. The van der Waals surface area contributed by atoms with E-state index in [-0.39, 0.29) is 62.8 Å². The Labute approximate surface area is 271 Å². The topological polar surface area (TPSA) is 176 Å². The predicted molar refractivity (Wildman–Crippen MR) is 170 cm³/mol. The van der Waals surface area contributed by atoms with Gasteiger partial charge in [-0.05, 0) is 63.8 Å². The predicted octanol–water partition coefficient (Wildman–Crippen LogP) is 3.09. The Morgan fingerprint density at radius 1 is 1.17 bits per heavy atom. The fourth-order valence-electron chi connectivity index (χ4n) is 5.86. The smallest absolute Gasteiger partial charge is 0.412 e. The van der Waals surface area contributed by atoms with Gasteiger partial charge in [0.1, 0.15) is 18.5 Å². The maximum absolute atomic E-state index is 13.9. The van der Waals surface area contributed by atoms with Crippen molar-refractivity contribution in [2.75, 3.05) is 26.4 Å². The van der Waals surface area contributed by atoms with Gasteiger partial charge in [0.05, 0.1) is 47.6 Å². The number of ether oxygens (including phenoxy) is 4. The molecule has 3 N–H and O–H groups in total. The van der Waals surface area contributed by atoms with E-state index in [9.17, 15) is 24.3 Å². The van der Waals surface area contributed by atoms with Gasteiger partial charge in [-0.2, -0.15) is 0 Å². The number of aliphatic hydroxyl groups is 2. The fourth-order valence-corrected chi connectivity index (χ4v) is 5.86. The summed E-state index contributed by atoms with van der Waals surface area (Å²) in [5.74, 6) is -1.04. The van der Waals surface area contributed by atoms with Gasteiger partial charge in [-0.1, -0.05) is 13.8 Å². The summed E-state index contributed by atoms with van der Waals surface area (Å²) in [7, 11) is 0. The van der Waals surface area contributed by atoms with Crippen molar-refractivity contribution in [2.24, 2.45) is 5.41 Å². The minimum Gasteiger partial charge on any atom is -0.457 e. The maximum Gasteiger partial charge on any atom is 0.412 e. The third kappa shape index (κ3) is 6.47. The molecule has 1 unspecified atom stereocenters. The van der Waals surface area contributed by atoms with Crippen molar-refractivity contribution in [2.45, 2.75) is 78.7 Å². The number of nitrogens with one attached hydrogen (secondary N) is 1. The molecule has 0 radical (unpaired) electrons. The lowest BCUT2D eigenvalue weighted by Gasteiger charge is -2.37. The Morgan fingerprint density at radius 2 is 1.94 bits per heavy atom. The maximum atomic E-state index is 13.9. The summed E-state index contributed by atoms with van der Waals surface area (Å²) in [4.78, 5) is 57.7. The van der Waals surface area contributed by atoms with Crippen molar-refractivity contribution in [3.05, 3.63) is 56.9 Å². The number of hydrogen-bond acceptors (Lipinski definition) is 11. The molecule has 0 spiro atoms. The van der Waals surface area contributed by atoms with E-state index in [4.69, 9.17) is 29.0 Å². The molecule has 2 atom stereocenters. The van der Waals surface area contributed by atoms with Crippen molar-refractivity contribution < 1.29 is 43.5 Å². The monoisotopic (exact) mass is 651 g/mol. The van der Waals surface area contributed by atoms with Gasteiger partial charge >= 0.3 is 18.0 Å². The molecule has 5 rings (SSSR count). The molecule has 0 saturated heterocycles. The molecular weight excluding hydrogens is 610 g/mol. The van der Waals surface area contributed by atoms with E-state index in [2.05, 4.69) is 5.32 Å². The van der Waals surface area contributed by atoms with E-state index >= 15 is 0 Å². The molecule has 13 nitrogen and oxygen atoms in total. The molecule has 2 aliphatic heterocycles. The third-order valence-corrected chi connectivity index (χ3v) is 8.45. The first-order valence-corrected chi connectivity index (χ1v) is 15.8. The Balaban J connectivity index is 1.46. The van der Waals surface area contributed by atoms with Crippen molar-refractivity contribution in [1.29, 1.82) is 0 Å². The molecule has 13 heteroatoms. The van der Waals surface area contributed by atoms with E-state index in [0.29, 0.717) is 35.3 Å². The third-order valence-electron chi connectivity index (χ3n) is 8.45. The minimum absolute atomic E-state index is 0.00669. The van der Waals surface area contributed by atoms with E-state index < -0.39 is 35.2 Å². The molecule has 0 bridgehead atoms. The Bertz CT molecular complexity index is 1780. The summed E-state index contributed by atoms with van der Waals surface area (Å²) in [6, 6.07) is 6.90. The van der Waals surface area contributed by atoms with Crippen molar-refractivity contribution in [1.82, 2.24) is 14.9 Å². The molecule has 0 aliphatic carbocycles. The van der Waals surface area contributed by atoms with Gasteiger partial charge in [0.2, 0.25) is 5.60 Å². The standard InChI is InChI=1S/C34H41N3O10/c1-6-21-22-10-9-20(46-32(43)35-11-8-12-44-17-19(39)16-38)13-26(22)36-28-23(21)15-37-27(28)14-25-24(29(37)40)18-45-31(42)34(25,7-2)47-30(41)33(3,4)5/h9-10,13-14,19,38-39H,6-8,11-12,15-18H2,1-5H3,(H,35,43)/t19?,34-/m0/s1. The Morgan fingerprint density at radius 3 is 2.62 bits per heavy atom. The summed E-state index contributed by atoms with van der Waals surface area (Å²) in [5.41, 5.74) is 1.04. The first-order valence-electron chi connectivity index (χ1n) is 15.8. The zero-order valence-corrected chi connectivity index (χ0v) is 27.3. The molecule has 0 fully saturated rings. The lowest BCUT2D eigenvalue weighted by molar-refractivity contribution is -0.194. The molecule has 1 aromatic carbocycles. The lowest BCUT2D eigenvalue weighted by atomic mass is 9.84. The van der Waals surface area contributed by atoms with Gasteiger partial charge in [0.15, 0.2) is 0 Å². The van der Waals surface area contributed by atoms with Crippen LogP contribution in [-0.4, -0.2) is 70.3 Å². The average Bonchev–Trinajstić information content (AvgIpc) is 3.40. The van der Waals surface area contributed by atoms with Crippen LogP contribution < -0.4 is 15.6 Å². The fraction of sp³-hybridized carbons (Fsp3) is 0.500. The van der Waals surface area contributed by atoms with Crippen LogP contribution in [0.1, 0.15) is 69.7 Å².